The average Bonchev–Trinajstić information content (AvgIpc) is 2.57. The molecule has 1 aliphatic rings. The zero-order chi connectivity index (χ0) is 14.5. The average molecular weight is 280 g/mol. The van der Waals surface area contributed by atoms with Crippen molar-refractivity contribution < 1.29 is 4.79 Å². The van der Waals surface area contributed by atoms with Crippen LogP contribution < -0.4 is 5.32 Å². The largest absolute Gasteiger partial charge is 0.310 e. The third-order valence-corrected chi connectivity index (χ3v) is 4.05. The smallest absolute Gasteiger partial charge is 0.228 e. The van der Waals surface area contributed by atoms with Gasteiger partial charge in [0, 0.05) is 11.5 Å². The van der Waals surface area contributed by atoms with Crippen molar-refractivity contribution in [2.45, 2.75) is 32.1 Å². The maximum absolute atomic E-state index is 12.3. The van der Waals surface area contributed by atoms with Crippen molar-refractivity contribution in [3.8, 4) is 11.3 Å². The molecule has 0 aliphatic heterocycles. The molecule has 3 heteroatoms. The van der Waals surface area contributed by atoms with Gasteiger partial charge < -0.3 is 5.32 Å². The molecular weight excluding hydrogens is 260 g/mol. The van der Waals surface area contributed by atoms with E-state index in [0.29, 0.717) is 5.82 Å². The van der Waals surface area contributed by atoms with E-state index in [1.807, 2.05) is 48.5 Å². The van der Waals surface area contributed by atoms with Crippen LogP contribution in [0.4, 0.5) is 5.82 Å². The van der Waals surface area contributed by atoms with Crippen molar-refractivity contribution >= 4 is 11.7 Å². The molecule has 2 aromatic rings. The van der Waals surface area contributed by atoms with Gasteiger partial charge in [0.15, 0.2) is 0 Å². The van der Waals surface area contributed by atoms with E-state index >= 15 is 0 Å². The molecule has 108 valence electrons. The van der Waals surface area contributed by atoms with E-state index in [-0.39, 0.29) is 11.8 Å². The summed E-state index contributed by atoms with van der Waals surface area (Å²) < 4.78 is 0. The molecule has 1 aromatic heterocycles. The summed E-state index contributed by atoms with van der Waals surface area (Å²) in [6.07, 6.45) is 5.59. The summed E-state index contributed by atoms with van der Waals surface area (Å²) in [5, 5.41) is 2.97. The molecular formula is C18H20N2O. The van der Waals surface area contributed by atoms with Crippen LogP contribution in [0, 0.1) is 5.92 Å². The number of hydrogen-bond acceptors (Lipinski definition) is 2. The molecule has 0 spiro atoms. The second-order valence-electron chi connectivity index (χ2n) is 5.60. The third-order valence-electron chi connectivity index (χ3n) is 4.05. The zero-order valence-electron chi connectivity index (χ0n) is 12.1. The molecule has 1 amide bonds. The number of amides is 1. The summed E-state index contributed by atoms with van der Waals surface area (Å²) in [7, 11) is 0. The van der Waals surface area contributed by atoms with Crippen molar-refractivity contribution in [1.29, 1.82) is 0 Å². The van der Waals surface area contributed by atoms with Crippen molar-refractivity contribution in [3.05, 3.63) is 48.5 Å². The fraction of sp³-hybridized carbons (Fsp3) is 0.333. The SMILES string of the molecule is O=C(Nc1cccc(-c2ccccc2)n1)C1CCCCC1. The second kappa shape index (κ2) is 6.53. The van der Waals surface area contributed by atoms with Gasteiger partial charge in [-0.25, -0.2) is 4.98 Å². The Bertz CT molecular complexity index is 604. The lowest BCUT2D eigenvalue weighted by atomic mass is 9.89. The van der Waals surface area contributed by atoms with Crippen molar-refractivity contribution in [2.24, 2.45) is 5.92 Å². The minimum absolute atomic E-state index is 0.118. The number of pyridine rings is 1. The van der Waals surface area contributed by atoms with E-state index in [1.165, 1.54) is 6.42 Å². The van der Waals surface area contributed by atoms with E-state index in [2.05, 4.69) is 10.3 Å². The highest BCUT2D eigenvalue weighted by Crippen LogP contribution is 2.25. The molecule has 1 N–H and O–H groups in total. The van der Waals surface area contributed by atoms with Gasteiger partial charge >= 0.3 is 0 Å². The van der Waals surface area contributed by atoms with Crippen LogP contribution in [0.25, 0.3) is 11.3 Å². The summed E-state index contributed by atoms with van der Waals surface area (Å²) in [6.45, 7) is 0. The summed E-state index contributed by atoms with van der Waals surface area (Å²) >= 11 is 0. The van der Waals surface area contributed by atoms with Gasteiger partial charge in [0.1, 0.15) is 5.82 Å². The highest BCUT2D eigenvalue weighted by atomic mass is 16.1. The molecule has 0 saturated heterocycles. The van der Waals surface area contributed by atoms with E-state index < -0.39 is 0 Å². The predicted molar refractivity (Wildman–Crippen MR) is 84.9 cm³/mol. The summed E-state index contributed by atoms with van der Waals surface area (Å²) in [6, 6.07) is 15.8. The normalized spacial score (nSPS) is 15.6. The minimum atomic E-state index is 0.118. The number of carbonyl (C=O) groups excluding carboxylic acids is 1. The van der Waals surface area contributed by atoms with E-state index in [9.17, 15) is 4.79 Å². The van der Waals surface area contributed by atoms with Crippen LogP contribution in [0.15, 0.2) is 48.5 Å². The molecule has 3 nitrogen and oxygen atoms in total. The van der Waals surface area contributed by atoms with Gasteiger partial charge in [0.25, 0.3) is 0 Å². The molecule has 1 heterocycles. The number of anilines is 1. The Balaban J connectivity index is 1.73. The van der Waals surface area contributed by atoms with Gasteiger partial charge in [-0.1, -0.05) is 55.7 Å². The van der Waals surface area contributed by atoms with Crippen LogP contribution in [0.2, 0.25) is 0 Å². The topological polar surface area (TPSA) is 42.0 Å². The Kier molecular flexibility index (Phi) is 4.29. The van der Waals surface area contributed by atoms with Crippen LogP contribution in [-0.2, 0) is 4.79 Å². The van der Waals surface area contributed by atoms with Crippen molar-refractivity contribution in [2.75, 3.05) is 5.32 Å². The van der Waals surface area contributed by atoms with Gasteiger partial charge in [0.2, 0.25) is 5.91 Å². The van der Waals surface area contributed by atoms with E-state index in [0.717, 1.165) is 36.9 Å². The van der Waals surface area contributed by atoms with Crippen LogP contribution >= 0.6 is 0 Å². The van der Waals surface area contributed by atoms with E-state index in [4.69, 9.17) is 0 Å². The fourth-order valence-corrected chi connectivity index (χ4v) is 2.87. The molecule has 1 fully saturated rings. The third kappa shape index (κ3) is 3.48. The zero-order valence-corrected chi connectivity index (χ0v) is 12.1. The first-order chi connectivity index (χ1) is 10.3. The molecule has 1 saturated carbocycles. The Morgan fingerprint density at radius 3 is 2.48 bits per heavy atom. The molecule has 0 atom stereocenters. The lowest BCUT2D eigenvalue weighted by molar-refractivity contribution is -0.120. The predicted octanol–water partition coefficient (Wildman–Crippen LogP) is 4.27. The van der Waals surface area contributed by atoms with Crippen molar-refractivity contribution in [3.63, 3.8) is 0 Å². The first-order valence-corrected chi connectivity index (χ1v) is 7.66. The molecule has 1 aromatic carbocycles. The number of carbonyl (C=O) groups is 1. The molecule has 21 heavy (non-hydrogen) atoms. The first kappa shape index (κ1) is 13.8. The standard InChI is InChI=1S/C18H20N2O/c21-18(15-10-5-2-6-11-15)20-17-13-7-12-16(19-17)14-8-3-1-4-9-14/h1,3-4,7-9,12-13,15H,2,5-6,10-11H2,(H,19,20,21). The Morgan fingerprint density at radius 1 is 0.952 bits per heavy atom. The number of benzene rings is 1. The van der Waals surface area contributed by atoms with Crippen molar-refractivity contribution in [1.82, 2.24) is 4.98 Å². The first-order valence-electron chi connectivity index (χ1n) is 7.66. The van der Waals surface area contributed by atoms with E-state index in [1.54, 1.807) is 0 Å². The Morgan fingerprint density at radius 2 is 1.71 bits per heavy atom. The monoisotopic (exact) mass is 280 g/mol. The molecule has 0 bridgehead atoms. The lowest BCUT2D eigenvalue weighted by Crippen LogP contribution is -2.25. The Labute approximate surface area is 125 Å². The highest BCUT2D eigenvalue weighted by molar-refractivity contribution is 5.91. The van der Waals surface area contributed by atoms with Gasteiger partial charge in [-0.2, -0.15) is 0 Å². The molecule has 1 aliphatic carbocycles. The molecule has 0 unspecified atom stereocenters. The summed E-state index contributed by atoms with van der Waals surface area (Å²) in [4.78, 5) is 16.8. The number of nitrogens with zero attached hydrogens (tertiary/aromatic N) is 1. The maximum atomic E-state index is 12.3. The minimum Gasteiger partial charge on any atom is -0.310 e. The van der Waals surface area contributed by atoms with Crippen LogP contribution in [0.3, 0.4) is 0 Å². The number of hydrogen-bond donors (Lipinski definition) is 1. The summed E-state index contributed by atoms with van der Waals surface area (Å²) in [5.74, 6) is 0.917. The number of aromatic nitrogens is 1. The molecule has 0 radical (unpaired) electrons. The lowest BCUT2D eigenvalue weighted by Gasteiger charge is -2.20. The molecule has 3 rings (SSSR count). The van der Waals surface area contributed by atoms with Gasteiger partial charge in [-0.3, -0.25) is 4.79 Å². The number of nitrogens with one attached hydrogen (secondary N) is 1. The number of rotatable bonds is 3. The highest BCUT2D eigenvalue weighted by Gasteiger charge is 2.21. The second-order valence-corrected chi connectivity index (χ2v) is 5.60. The van der Waals surface area contributed by atoms with Crippen LogP contribution in [0.1, 0.15) is 32.1 Å². The maximum Gasteiger partial charge on any atom is 0.228 e. The van der Waals surface area contributed by atoms with Crippen LogP contribution in [0.5, 0.6) is 0 Å². The fourth-order valence-electron chi connectivity index (χ4n) is 2.87. The van der Waals surface area contributed by atoms with Crippen LogP contribution in [-0.4, -0.2) is 10.9 Å². The summed E-state index contributed by atoms with van der Waals surface area (Å²) in [5.41, 5.74) is 1.95. The van der Waals surface area contributed by atoms with Gasteiger partial charge in [-0.15, -0.1) is 0 Å². The quantitative estimate of drug-likeness (QED) is 0.912. The van der Waals surface area contributed by atoms with Gasteiger partial charge in [0.05, 0.1) is 5.69 Å². The van der Waals surface area contributed by atoms with Gasteiger partial charge in [-0.05, 0) is 25.0 Å². The Hall–Kier alpha value is -2.16.